The number of nitrogens with zero attached hydrogens (tertiary/aromatic N) is 3. The van der Waals surface area contributed by atoms with Crippen molar-refractivity contribution in [1.29, 1.82) is 0 Å². The molecule has 38 heavy (non-hydrogen) atoms. The highest BCUT2D eigenvalue weighted by molar-refractivity contribution is 5.91. The zero-order valence-electron chi connectivity index (χ0n) is 20.0. The number of carboxylic acids is 1. The number of rotatable bonds is 14. The Morgan fingerprint density at radius 2 is 1.63 bits per heavy atom. The third-order valence-electron chi connectivity index (χ3n) is 4.55. The number of carbonyl (C=O) groups is 1. The molecule has 0 radical (unpaired) electrons. The molecule has 3 aromatic rings. The Labute approximate surface area is 215 Å². The maximum atomic E-state index is 12.7. The van der Waals surface area contributed by atoms with Crippen molar-refractivity contribution in [2.75, 3.05) is 30.5 Å². The van der Waals surface area contributed by atoms with Crippen LogP contribution < -0.4 is 24.8 Å². The molecule has 0 saturated heterocycles. The van der Waals surface area contributed by atoms with Crippen LogP contribution in [0.4, 0.5) is 30.8 Å². The Hall–Kier alpha value is -4.81. The molecule has 0 bridgehead atoms. The first kappa shape index (κ1) is 27.8. The first-order valence-electron chi connectivity index (χ1n) is 11.1. The van der Waals surface area contributed by atoms with Gasteiger partial charge in [-0.25, -0.2) is 4.79 Å². The van der Waals surface area contributed by atoms with Gasteiger partial charge in [0.05, 0.1) is 0 Å². The molecule has 10 nitrogen and oxygen atoms in total. The van der Waals surface area contributed by atoms with Gasteiger partial charge in [0, 0.05) is 18.3 Å². The van der Waals surface area contributed by atoms with Gasteiger partial charge in [0.15, 0.2) is 6.61 Å². The van der Waals surface area contributed by atoms with Crippen LogP contribution in [0.3, 0.4) is 0 Å². The monoisotopic (exact) mass is 531 g/mol. The van der Waals surface area contributed by atoms with Crippen LogP contribution in [0.5, 0.6) is 17.5 Å². The van der Waals surface area contributed by atoms with Crippen LogP contribution in [0.2, 0.25) is 0 Å². The van der Waals surface area contributed by atoms with Gasteiger partial charge in [0.25, 0.3) is 0 Å². The van der Waals surface area contributed by atoms with Gasteiger partial charge in [-0.15, -0.1) is 0 Å². The SMILES string of the molecule is C=CCOc1ccc(CNc2nc(Nc3ccc(C(=O)O)c(OCC=C)c3)nc(OCC(F)(F)F)n2)cc1. The average molecular weight is 531 g/mol. The number of aromatic nitrogens is 3. The summed E-state index contributed by atoms with van der Waals surface area (Å²) in [6.45, 7) is 6.16. The molecule has 0 aliphatic rings. The van der Waals surface area contributed by atoms with Crippen molar-refractivity contribution < 1.29 is 37.3 Å². The van der Waals surface area contributed by atoms with Crippen LogP contribution in [0.15, 0.2) is 67.8 Å². The lowest BCUT2D eigenvalue weighted by atomic mass is 10.2. The number of aromatic carboxylic acids is 1. The highest BCUT2D eigenvalue weighted by Gasteiger charge is 2.29. The second-order valence-corrected chi connectivity index (χ2v) is 7.51. The summed E-state index contributed by atoms with van der Waals surface area (Å²) in [5, 5.41) is 15.1. The number of carboxylic acid groups (broad SMARTS) is 1. The quantitative estimate of drug-likeness (QED) is 0.245. The first-order valence-corrected chi connectivity index (χ1v) is 11.1. The van der Waals surface area contributed by atoms with E-state index in [0.717, 1.165) is 5.56 Å². The summed E-state index contributed by atoms with van der Waals surface area (Å²) in [5.41, 5.74) is 1.03. The molecule has 0 fully saturated rings. The van der Waals surface area contributed by atoms with E-state index in [2.05, 4.69) is 38.7 Å². The number of hydrogen-bond donors (Lipinski definition) is 3. The lowest BCUT2D eigenvalue weighted by Crippen LogP contribution is -2.21. The number of hydrogen-bond acceptors (Lipinski definition) is 9. The number of benzene rings is 2. The van der Waals surface area contributed by atoms with E-state index in [1.807, 2.05) is 0 Å². The molecule has 0 spiro atoms. The largest absolute Gasteiger partial charge is 0.490 e. The van der Waals surface area contributed by atoms with Crippen LogP contribution in [0, 0.1) is 0 Å². The van der Waals surface area contributed by atoms with E-state index in [1.165, 1.54) is 24.3 Å². The van der Waals surface area contributed by atoms with Crippen molar-refractivity contribution in [3.8, 4) is 17.5 Å². The predicted octanol–water partition coefficient (Wildman–Crippen LogP) is 5.00. The highest BCUT2D eigenvalue weighted by atomic mass is 19.4. The topological polar surface area (TPSA) is 128 Å². The van der Waals surface area contributed by atoms with E-state index in [0.29, 0.717) is 18.0 Å². The van der Waals surface area contributed by atoms with Gasteiger partial charge in [-0.1, -0.05) is 37.4 Å². The first-order chi connectivity index (χ1) is 18.2. The number of anilines is 3. The Kier molecular flexibility index (Phi) is 9.46. The molecule has 2 aromatic carbocycles. The number of halogens is 3. The minimum Gasteiger partial charge on any atom is -0.490 e. The van der Waals surface area contributed by atoms with E-state index in [9.17, 15) is 23.1 Å². The lowest BCUT2D eigenvalue weighted by molar-refractivity contribution is -0.154. The molecule has 0 amide bonds. The molecular formula is C25H24F3N5O5. The molecule has 0 aliphatic heterocycles. The second kappa shape index (κ2) is 12.9. The molecule has 3 rings (SSSR count). The summed E-state index contributed by atoms with van der Waals surface area (Å²) in [4.78, 5) is 23.4. The fraction of sp³-hybridized carbons (Fsp3) is 0.200. The Bertz CT molecular complexity index is 1270. The molecule has 0 unspecified atom stereocenters. The molecule has 0 aliphatic carbocycles. The minimum atomic E-state index is -4.60. The van der Waals surface area contributed by atoms with E-state index >= 15 is 0 Å². The van der Waals surface area contributed by atoms with Crippen LogP contribution in [-0.2, 0) is 6.54 Å². The third kappa shape index (κ3) is 8.69. The molecule has 13 heteroatoms. The molecule has 0 saturated carbocycles. The van der Waals surface area contributed by atoms with E-state index in [-0.39, 0.29) is 36.4 Å². The standard InChI is InChI=1S/C25H24F3N5O5/c1-3-11-36-18-8-5-16(6-9-18)14-29-22-31-23(33-24(32-22)38-15-25(26,27)28)30-17-7-10-19(21(34)35)20(13-17)37-12-4-2/h3-10,13H,1-2,11-12,14-15H2,(H,34,35)(H2,29,30,31,32,33). The smallest absolute Gasteiger partial charge is 0.422 e. The van der Waals surface area contributed by atoms with Crippen LogP contribution in [-0.4, -0.2) is 52.0 Å². The zero-order valence-corrected chi connectivity index (χ0v) is 20.0. The summed E-state index contributed by atoms with van der Waals surface area (Å²) in [6, 6.07) is 10.6. The molecule has 3 N–H and O–H groups in total. The second-order valence-electron chi connectivity index (χ2n) is 7.51. The van der Waals surface area contributed by atoms with E-state index in [1.54, 1.807) is 30.3 Å². The van der Waals surface area contributed by atoms with E-state index < -0.39 is 24.8 Å². The van der Waals surface area contributed by atoms with Crippen LogP contribution in [0.25, 0.3) is 0 Å². The lowest BCUT2D eigenvalue weighted by Gasteiger charge is -2.13. The molecular weight excluding hydrogens is 507 g/mol. The maximum Gasteiger partial charge on any atom is 0.422 e. The third-order valence-corrected chi connectivity index (χ3v) is 4.55. The van der Waals surface area contributed by atoms with Gasteiger partial charge in [-0.05, 0) is 29.8 Å². The predicted molar refractivity (Wildman–Crippen MR) is 133 cm³/mol. The van der Waals surface area contributed by atoms with Crippen LogP contribution >= 0.6 is 0 Å². The van der Waals surface area contributed by atoms with Crippen molar-refractivity contribution in [2.45, 2.75) is 12.7 Å². The summed E-state index contributed by atoms with van der Waals surface area (Å²) in [6.07, 6.45) is -1.54. The fourth-order valence-electron chi connectivity index (χ4n) is 2.92. The Morgan fingerprint density at radius 1 is 0.947 bits per heavy atom. The number of ether oxygens (including phenoxy) is 3. The summed E-state index contributed by atoms with van der Waals surface area (Å²) in [5.74, 6) is -0.717. The highest BCUT2D eigenvalue weighted by Crippen LogP contribution is 2.26. The van der Waals surface area contributed by atoms with Gasteiger partial charge in [-0.3, -0.25) is 0 Å². The number of nitrogens with one attached hydrogen (secondary N) is 2. The van der Waals surface area contributed by atoms with Crippen molar-refractivity contribution in [1.82, 2.24) is 15.0 Å². The molecule has 1 aromatic heterocycles. The minimum absolute atomic E-state index is 0.0452. The van der Waals surface area contributed by atoms with Crippen molar-refractivity contribution in [2.24, 2.45) is 0 Å². The maximum absolute atomic E-state index is 12.7. The van der Waals surface area contributed by atoms with Gasteiger partial charge in [0.2, 0.25) is 11.9 Å². The van der Waals surface area contributed by atoms with Gasteiger partial charge < -0.3 is 30.0 Å². The summed E-state index contributed by atoms with van der Waals surface area (Å²) < 4.78 is 53.7. The molecule has 1 heterocycles. The normalized spacial score (nSPS) is 10.8. The van der Waals surface area contributed by atoms with Gasteiger partial charge in [-0.2, -0.15) is 28.1 Å². The summed E-state index contributed by atoms with van der Waals surface area (Å²) in [7, 11) is 0. The molecule has 200 valence electrons. The van der Waals surface area contributed by atoms with Crippen molar-refractivity contribution >= 4 is 23.6 Å². The number of alkyl halides is 3. The van der Waals surface area contributed by atoms with Crippen LogP contribution in [0.1, 0.15) is 15.9 Å². The molecule has 0 atom stereocenters. The Morgan fingerprint density at radius 3 is 2.29 bits per heavy atom. The van der Waals surface area contributed by atoms with E-state index in [4.69, 9.17) is 14.2 Å². The summed E-state index contributed by atoms with van der Waals surface area (Å²) >= 11 is 0. The van der Waals surface area contributed by atoms with Crippen molar-refractivity contribution in [3.63, 3.8) is 0 Å². The van der Waals surface area contributed by atoms with Gasteiger partial charge in [0.1, 0.15) is 30.3 Å². The average Bonchev–Trinajstić information content (AvgIpc) is 2.88. The van der Waals surface area contributed by atoms with Gasteiger partial charge >= 0.3 is 18.2 Å². The zero-order chi connectivity index (χ0) is 27.5. The Balaban J connectivity index is 1.82. The fourth-order valence-corrected chi connectivity index (χ4v) is 2.92. The van der Waals surface area contributed by atoms with Crippen molar-refractivity contribution in [3.05, 3.63) is 78.9 Å².